The molecule has 3 rings (SSSR count). The number of carbonyl (C=O) groups is 4. The molecule has 1 aromatic rings. The number of benzene rings is 1. The molecule has 0 aliphatic heterocycles. The molecule has 2 aliphatic rings. The van der Waals surface area contributed by atoms with E-state index in [9.17, 15) is 28.0 Å². The van der Waals surface area contributed by atoms with Crippen LogP contribution in [0.2, 0.25) is 0 Å². The van der Waals surface area contributed by atoms with Crippen molar-refractivity contribution in [3.63, 3.8) is 0 Å². The molecule has 1 amide bonds. The molecule has 0 unspecified atom stereocenters. The molecule has 5 atom stereocenters. The Kier molecular flexibility index (Phi) is 8.20. The second kappa shape index (κ2) is 10.4. The van der Waals surface area contributed by atoms with Gasteiger partial charge in [-0.3, -0.25) is 9.59 Å². The van der Waals surface area contributed by atoms with Gasteiger partial charge in [-0.05, 0) is 80.5 Å². The number of rotatable bonds is 6. The zero-order chi connectivity index (χ0) is 29.7. The Morgan fingerprint density at radius 3 is 1.97 bits per heavy atom. The van der Waals surface area contributed by atoms with Gasteiger partial charge in [0.05, 0.1) is 11.8 Å². The molecule has 0 saturated heterocycles. The Morgan fingerprint density at radius 2 is 1.46 bits per heavy atom. The number of fused-ring (bicyclic) bond motifs is 1. The molecule has 2 saturated carbocycles. The summed E-state index contributed by atoms with van der Waals surface area (Å²) in [4.78, 5) is 54.2. The van der Waals surface area contributed by atoms with E-state index in [0.717, 1.165) is 23.9 Å². The molecule has 0 heterocycles. The van der Waals surface area contributed by atoms with Crippen LogP contribution in [0, 0.1) is 35.3 Å². The molecule has 2 fully saturated rings. The van der Waals surface area contributed by atoms with Gasteiger partial charge in [0.15, 0.2) is 17.2 Å². The molecule has 0 spiro atoms. The topological polar surface area (TPSA) is 108 Å². The maximum Gasteiger partial charge on any atom is 0.408 e. The van der Waals surface area contributed by atoms with Crippen molar-refractivity contribution in [1.82, 2.24) is 5.32 Å². The minimum absolute atomic E-state index is 0.0764. The number of ketones is 1. The maximum absolute atomic E-state index is 13.9. The Bertz CT molecular complexity index is 1170. The number of Topliss-reactive ketones (excluding diaryl/α,β-unsaturated/α-hetero) is 1. The number of halogens is 2. The number of hydrogen-bond donors (Lipinski definition) is 1. The zero-order valence-electron chi connectivity index (χ0n) is 23.8. The van der Waals surface area contributed by atoms with Gasteiger partial charge in [0, 0.05) is 22.5 Å². The lowest BCUT2D eigenvalue weighted by Gasteiger charge is -2.38. The Hall–Kier alpha value is -2.69. The van der Waals surface area contributed by atoms with E-state index in [-0.39, 0.29) is 5.75 Å². The van der Waals surface area contributed by atoms with Gasteiger partial charge in [-0.2, -0.15) is 0 Å². The van der Waals surface area contributed by atoms with Crippen LogP contribution in [-0.2, 0) is 28.6 Å². The molecule has 1 aromatic carbocycles. The monoisotopic (exact) mass is 569 g/mol. The van der Waals surface area contributed by atoms with Crippen LogP contribution in [0.1, 0.15) is 62.3 Å². The van der Waals surface area contributed by atoms with Crippen molar-refractivity contribution in [2.24, 2.45) is 23.7 Å². The number of amides is 1. The number of carbonyl (C=O) groups excluding carboxylic acids is 4. The lowest BCUT2D eigenvalue weighted by atomic mass is 9.80. The minimum atomic E-state index is -1.95. The summed E-state index contributed by atoms with van der Waals surface area (Å²) < 4.78 is 44.0. The second-order valence-corrected chi connectivity index (χ2v) is 14.0. The Morgan fingerprint density at radius 1 is 0.897 bits per heavy atom. The number of hydrogen-bond acceptors (Lipinski definition) is 8. The standard InChI is InChI=1S/C28H37F2NO7S/c1-25(2,3)36-22(33)19-18-20(19)28(23(34)37-26(4,5)6,31-24(35)38-27(7,8)9)15(21(18)32)13-39-14-10-11-16(29)17(30)12-14/h10-12,15,18-20H,13H2,1-9H3,(H,31,35)/t15-,18+,19+,20+,28+/m1/s1. The quantitative estimate of drug-likeness (QED) is 0.288. The third-order valence-corrected chi connectivity index (χ3v) is 7.29. The van der Waals surface area contributed by atoms with Crippen molar-refractivity contribution in [3.05, 3.63) is 29.8 Å². The van der Waals surface area contributed by atoms with Crippen molar-refractivity contribution in [3.8, 4) is 0 Å². The highest BCUT2D eigenvalue weighted by Gasteiger charge is 2.80. The third kappa shape index (κ3) is 6.91. The first-order chi connectivity index (χ1) is 17.7. The molecule has 0 radical (unpaired) electrons. The molecule has 8 nitrogen and oxygen atoms in total. The number of nitrogens with one attached hydrogen (secondary N) is 1. The lowest BCUT2D eigenvalue weighted by Crippen LogP contribution is -2.64. The summed E-state index contributed by atoms with van der Waals surface area (Å²) >= 11 is 1.02. The van der Waals surface area contributed by atoms with Gasteiger partial charge in [0.1, 0.15) is 22.6 Å². The molecule has 216 valence electrons. The molecule has 1 N–H and O–H groups in total. The van der Waals surface area contributed by atoms with Crippen LogP contribution in [0.4, 0.5) is 13.6 Å². The number of thioether (sulfide) groups is 1. The SMILES string of the molecule is CC(C)(C)OC(=O)N[C@]1(C(=O)OC(C)(C)C)[C@@H]2[C@@H](C(=O)OC(C)(C)C)[C@@H]2C(=O)[C@H]1CSc1ccc(F)c(F)c1. The largest absolute Gasteiger partial charge is 0.460 e. The van der Waals surface area contributed by atoms with Crippen LogP contribution in [0.3, 0.4) is 0 Å². The minimum Gasteiger partial charge on any atom is -0.460 e. The van der Waals surface area contributed by atoms with E-state index in [2.05, 4.69) is 5.32 Å². The van der Waals surface area contributed by atoms with Crippen molar-refractivity contribution < 1.29 is 42.2 Å². The molecule has 2 aliphatic carbocycles. The smallest absolute Gasteiger partial charge is 0.408 e. The first-order valence-electron chi connectivity index (χ1n) is 12.8. The van der Waals surface area contributed by atoms with E-state index in [1.165, 1.54) is 6.07 Å². The van der Waals surface area contributed by atoms with E-state index < -0.39 is 81.5 Å². The van der Waals surface area contributed by atoms with Crippen molar-refractivity contribution in [1.29, 1.82) is 0 Å². The number of esters is 2. The number of ether oxygens (including phenoxy) is 3. The predicted octanol–water partition coefficient (Wildman–Crippen LogP) is 5.06. The van der Waals surface area contributed by atoms with Gasteiger partial charge in [0.25, 0.3) is 0 Å². The Labute approximate surface area is 231 Å². The van der Waals surface area contributed by atoms with Gasteiger partial charge in [-0.15, -0.1) is 11.8 Å². The zero-order valence-corrected chi connectivity index (χ0v) is 24.6. The number of alkyl carbamates (subject to hydrolysis) is 1. The van der Waals surface area contributed by atoms with Gasteiger partial charge in [-0.1, -0.05) is 0 Å². The average Bonchev–Trinajstić information content (AvgIpc) is 3.42. The maximum atomic E-state index is 13.9. The Balaban J connectivity index is 2.06. The highest BCUT2D eigenvalue weighted by Crippen LogP contribution is 2.64. The molecular formula is C28H37F2NO7S. The second-order valence-electron chi connectivity index (χ2n) is 13.0. The van der Waals surface area contributed by atoms with Crippen LogP contribution in [0.5, 0.6) is 0 Å². The van der Waals surface area contributed by atoms with E-state index in [1.807, 2.05) is 0 Å². The van der Waals surface area contributed by atoms with Crippen molar-refractivity contribution in [2.75, 3.05) is 5.75 Å². The molecule has 39 heavy (non-hydrogen) atoms. The summed E-state index contributed by atoms with van der Waals surface area (Å²) in [5.41, 5.74) is -4.71. The summed E-state index contributed by atoms with van der Waals surface area (Å²) in [5, 5.41) is 2.64. The van der Waals surface area contributed by atoms with E-state index in [4.69, 9.17) is 14.2 Å². The summed E-state index contributed by atoms with van der Waals surface area (Å²) in [6, 6.07) is 3.30. The van der Waals surface area contributed by atoms with Crippen LogP contribution >= 0.6 is 11.8 Å². The summed E-state index contributed by atoms with van der Waals surface area (Å²) in [7, 11) is 0. The normalized spacial score (nSPS) is 26.5. The lowest BCUT2D eigenvalue weighted by molar-refractivity contribution is -0.168. The van der Waals surface area contributed by atoms with Crippen LogP contribution in [0.25, 0.3) is 0 Å². The fourth-order valence-corrected chi connectivity index (χ4v) is 6.02. The fraction of sp³-hybridized carbons (Fsp3) is 0.643. The van der Waals surface area contributed by atoms with Crippen LogP contribution < -0.4 is 5.32 Å². The molecule has 0 aromatic heterocycles. The summed E-state index contributed by atoms with van der Waals surface area (Å²) in [6.07, 6.45) is -0.959. The van der Waals surface area contributed by atoms with Gasteiger partial charge < -0.3 is 19.5 Å². The van der Waals surface area contributed by atoms with Gasteiger partial charge in [0.2, 0.25) is 0 Å². The van der Waals surface area contributed by atoms with E-state index in [0.29, 0.717) is 4.90 Å². The fourth-order valence-electron chi connectivity index (χ4n) is 4.88. The van der Waals surface area contributed by atoms with E-state index in [1.54, 1.807) is 62.3 Å². The van der Waals surface area contributed by atoms with Crippen LogP contribution in [-0.4, -0.2) is 51.9 Å². The average molecular weight is 570 g/mol. The first-order valence-corrected chi connectivity index (χ1v) is 13.7. The van der Waals surface area contributed by atoms with Crippen molar-refractivity contribution >= 4 is 35.6 Å². The molecule has 11 heteroatoms. The van der Waals surface area contributed by atoms with Gasteiger partial charge in [-0.25, -0.2) is 18.4 Å². The molecular weight excluding hydrogens is 532 g/mol. The summed E-state index contributed by atoms with van der Waals surface area (Å²) in [5.74, 6) is -8.06. The third-order valence-electron chi connectivity index (χ3n) is 6.20. The van der Waals surface area contributed by atoms with Crippen LogP contribution in [0.15, 0.2) is 23.1 Å². The highest BCUT2D eigenvalue weighted by atomic mass is 32.2. The van der Waals surface area contributed by atoms with E-state index >= 15 is 0 Å². The highest BCUT2D eigenvalue weighted by molar-refractivity contribution is 7.99. The van der Waals surface area contributed by atoms with Gasteiger partial charge >= 0.3 is 18.0 Å². The first kappa shape index (κ1) is 30.8. The van der Waals surface area contributed by atoms with Crippen molar-refractivity contribution in [2.45, 2.75) is 89.6 Å². The predicted molar refractivity (Wildman–Crippen MR) is 140 cm³/mol. The summed E-state index contributed by atoms with van der Waals surface area (Å²) in [6.45, 7) is 14.9. The molecule has 0 bridgehead atoms.